The van der Waals surface area contributed by atoms with Crippen LogP contribution in [-0.4, -0.2) is 17.3 Å². The van der Waals surface area contributed by atoms with E-state index in [2.05, 4.69) is 26.1 Å². The maximum absolute atomic E-state index is 13.3. The van der Waals surface area contributed by atoms with Gasteiger partial charge in [-0.25, -0.2) is 4.39 Å². The molecule has 0 atom stereocenters. The summed E-state index contributed by atoms with van der Waals surface area (Å²) >= 11 is 9.36. The van der Waals surface area contributed by atoms with Crippen LogP contribution in [0.5, 0.6) is 5.75 Å². The van der Waals surface area contributed by atoms with Gasteiger partial charge in [0.1, 0.15) is 16.6 Å². The summed E-state index contributed by atoms with van der Waals surface area (Å²) in [7, 11) is 1.57. The minimum Gasteiger partial charge on any atom is -0.496 e. The van der Waals surface area contributed by atoms with Crippen molar-refractivity contribution in [1.82, 2.24) is 10.1 Å². The summed E-state index contributed by atoms with van der Waals surface area (Å²) in [5.41, 5.74) is 1.40. The normalized spacial score (nSPS) is 11.6. The van der Waals surface area contributed by atoms with Crippen LogP contribution in [0, 0.1) is 5.82 Å². The van der Waals surface area contributed by atoms with Crippen molar-refractivity contribution in [3.8, 4) is 17.1 Å². The van der Waals surface area contributed by atoms with E-state index in [1.807, 2.05) is 18.2 Å². The Morgan fingerprint density at radius 2 is 2.08 bits per heavy atom. The molecule has 0 N–H and O–H groups in total. The summed E-state index contributed by atoms with van der Waals surface area (Å²) in [5, 5.41) is 4.18. The summed E-state index contributed by atoms with van der Waals surface area (Å²) in [5.74, 6) is 0.819. The second kappa shape index (κ2) is 7.15. The maximum Gasteiger partial charge on any atom is 0.269 e. The Balaban J connectivity index is 1.92. The van der Waals surface area contributed by atoms with Crippen LogP contribution in [0.3, 0.4) is 0 Å². The van der Waals surface area contributed by atoms with Crippen LogP contribution in [0.25, 0.3) is 22.5 Å². The molecule has 0 saturated carbocycles. The fraction of sp³-hybridized carbons (Fsp3) is 0.0588. The summed E-state index contributed by atoms with van der Waals surface area (Å²) in [6.07, 6.45) is 1.62. The summed E-state index contributed by atoms with van der Waals surface area (Å²) in [4.78, 5) is 4.28. The zero-order valence-electron chi connectivity index (χ0n) is 12.5. The summed E-state index contributed by atoms with van der Waals surface area (Å²) in [6, 6.07) is 11.9. The lowest BCUT2D eigenvalue weighted by Crippen LogP contribution is -1.88. The molecular formula is C17H11BrClFN2O2. The highest BCUT2D eigenvalue weighted by Crippen LogP contribution is 2.30. The SMILES string of the molecule is COc1ccccc1-c1noc(/C(Cl)=C/c2ccc(F)c(Br)c2)n1. The maximum atomic E-state index is 13.3. The summed E-state index contributed by atoms with van der Waals surface area (Å²) < 4.78 is 24.1. The van der Waals surface area contributed by atoms with E-state index in [4.69, 9.17) is 20.9 Å². The van der Waals surface area contributed by atoms with Crippen molar-refractivity contribution in [1.29, 1.82) is 0 Å². The van der Waals surface area contributed by atoms with Crippen LogP contribution in [0.1, 0.15) is 11.5 Å². The highest BCUT2D eigenvalue weighted by molar-refractivity contribution is 9.10. The highest BCUT2D eigenvalue weighted by atomic mass is 79.9. The third-order valence-electron chi connectivity index (χ3n) is 3.22. The van der Waals surface area contributed by atoms with Gasteiger partial charge < -0.3 is 9.26 Å². The Bertz CT molecular complexity index is 911. The number of aromatic nitrogens is 2. The highest BCUT2D eigenvalue weighted by Gasteiger charge is 2.14. The molecule has 1 aromatic heterocycles. The number of halogens is 3. The van der Waals surface area contributed by atoms with E-state index in [0.29, 0.717) is 27.2 Å². The van der Waals surface area contributed by atoms with Crippen molar-refractivity contribution in [3.63, 3.8) is 0 Å². The second-order valence-corrected chi connectivity index (χ2v) is 6.05. The van der Waals surface area contributed by atoms with E-state index in [1.165, 1.54) is 6.07 Å². The molecule has 7 heteroatoms. The number of methoxy groups -OCH3 is 1. The Labute approximate surface area is 151 Å². The first kappa shape index (κ1) is 16.7. The van der Waals surface area contributed by atoms with Gasteiger partial charge in [0.2, 0.25) is 5.82 Å². The minimum atomic E-state index is -0.348. The smallest absolute Gasteiger partial charge is 0.269 e. The van der Waals surface area contributed by atoms with Gasteiger partial charge in [-0.1, -0.05) is 35.0 Å². The van der Waals surface area contributed by atoms with Gasteiger partial charge in [-0.15, -0.1) is 0 Å². The van der Waals surface area contributed by atoms with Gasteiger partial charge in [0.05, 0.1) is 17.1 Å². The molecule has 3 rings (SSSR count). The molecule has 24 heavy (non-hydrogen) atoms. The van der Waals surface area contributed by atoms with E-state index in [1.54, 1.807) is 31.4 Å². The monoisotopic (exact) mass is 408 g/mol. The lowest BCUT2D eigenvalue weighted by molar-refractivity contribution is 0.406. The quantitative estimate of drug-likeness (QED) is 0.580. The first-order valence-electron chi connectivity index (χ1n) is 6.88. The lowest BCUT2D eigenvalue weighted by Gasteiger charge is -2.02. The average molecular weight is 410 g/mol. The number of hydrogen-bond acceptors (Lipinski definition) is 4. The first-order chi connectivity index (χ1) is 11.6. The van der Waals surface area contributed by atoms with E-state index < -0.39 is 0 Å². The van der Waals surface area contributed by atoms with Crippen molar-refractivity contribution in [3.05, 3.63) is 64.2 Å². The third kappa shape index (κ3) is 3.49. The lowest BCUT2D eigenvalue weighted by atomic mass is 10.2. The predicted octanol–water partition coefficient (Wildman–Crippen LogP) is 5.38. The van der Waals surface area contributed by atoms with Crippen molar-refractivity contribution in [2.24, 2.45) is 0 Å². The largest absolute Gasteiger partial charge is 0.496 e. The van der Waals surface area contributed by atoms with Crippen LogP contribution in [0.15, 0.2) is 51.5 Å². The third-order valence-corrected chi connectivity index (χ3v) is 4.09. The number of nitrogens with zero attached hydrogens (tertiary/aromatic N) is 2. The van der Waals surface area contributed by atoms with Crippen LogP contribution >= 0.6 is 27.5 Å². The predicted molar refractivity (Wildman–Crippen MR) is 94.1 cm³/mol. The standard InChI is InChI=1S/C17H11BrClFN2O2/c1-23-15-5-3-2-4-11(15)16-21-17(24-22-16)13(19)9-10-6-7-14(20)12(18)8-10/h2-9H,1H3/b13-9-. The molecule has 0 bridgehead atoms. The molecule has 0 saturated heterocycles. The fourth-order valence-corrected chi connectivity index (χ4v) is 2.67. The molecular weight excluding hydrogens is 399 g/mol. The van der Waals surface area contributed by atoms with Crippen LogP contribution in [-0.2, 0) is 0 Å². The number of para-hydroxylation sites is 1. The Hall–Kier alpha value is -2.18. The molecule has 2 aromatic carbocycles. The van der Waals surface area contributed by atoms with Crippen molar-refractivity contribution in [2.45, 2.75) is 0 Å². The van der Waals surface area contributed by atoms with Crippen molar-refractivity contribution < 1.29 is 13.7 Å². The zero-order valence-corrected chi connectivity index (χ0v) is 14.8. The van der Waals surface area contributed by atoms with Gasteiger partial charge in [-0.3, -0.25) is 0 Å². The molecule has 122 valence electrons. The Kier molecular flexibility index (Phi) is 4.97. The fourth-order valence-electron chi connectivity index (χ4n) is 2.07. The number of rotatable bonds is 4. The van der Waals surface area contributed by atoms with Gasteiger partial charge in [0.15, 0.2) is 0 Å². The van der Waals surface area contributed by atoms with Gasteiger partial charge in [-0.05, 0) is 51.8 Å². The van der Waals surface area contributed by atoms with E-state index in [-0.39, 0.29) is 16.7 Å². The topological polar surface area (TPSA) is 48.2 Å². The van der Waals surface area contributed by atoms with Crippen LogP contribution in [0.4, 0.5) is 4.39 Å². The van der Waals surface area contributed by atoms with Gasteiger partial charge >= 0.3 is 0 Å². The van der Waals surface area contributed by atoms with Crippen molar-refractivity contribution >= 4 is 38.6 Å². The van der Waals surface area contributed by atoms with Crippen LogP contribution in [0.2, 0.25) is 0 Å². The molecule has 0 aliphatic heterocycles. The number of hydrogen-bond donors (Lipinski definition) is 0. The Morgan fingerprint density at radius 3 is 2.83 bits per heavy atom. The molecule has 0 unspecified atom stereocenters. The van der Waals surface area contributed by atoms with Gasteiger partial charge in [0.25, 0.3) is 5.89 Å². The molecule has 0 radical (unpaired) electrons. The van der Waals surface area contributed by atoms with E-state index in [9.17, 15) is 4.39 Å². The van der Waals surface area contributed by atoms with Gasteiger partial charge in [0, 0.05) is 0 Å². The first-order valence-corrected chi connectivity index (χ1v) is 8.05. The number of ether oxygens (including phenoxy) is 1. The Morgan fingerprint density at radius 1 is 1.29 bits per heavy atom. The minimum absolute atomic E-state index is 0.165. The van der Waals surface area contributed by atoms with E-state index >= 15 is 0 Å². The molecule has 0 amide bonds. The molecule has 4 nitrogen and oxygen atoms in total. The zero-order chi connectivity index (χ0) is 17.1. The molecule has 3 aromatic rings. The molecule has 0 aliphatic rings. The molecule has 0 aliphatic carbocycles. The van der Waals surface area contributed by atoms with Crippen molar-refractivity contribution in [2.75, 3.05) is 7.11 Å². The van der Waals surface area contributed by atoms with Gasteiger partial charge in [-0.2, -0.15) is 4.98 Å². The molecule has 1 heterocycles. The van der Waals surface area contributed by atoms with E-state index in [0.717, 1.165) is 0 Å². The molecule has 0 spiro atoms. The van der Waals surface area contributed by atoms with Crippen LogP contribution < -0.4 is 4.74 Å². The molecule has 0 fully saturated rings. The summed E-state index contributed by atoms with van der Waals surface area (Å²) in [6.45, 7) is 0. The average Bonchev–Trinajstić information content (AvgIpc) is 3.08. The second-order valence-electron chi connectivity index (χ2n) is 4.79. The number of benzene rings is 2.